The predicted molar refractivity (Wildman–Crippen MR) is 95.2 cm³/mol. The topological polar surface area (TPSA) is 46.9 Å². The second-order valence-electron chi connectivity index (χ2n) is 5.82. The molecular formula is C20H18FN3O. The van der Waals surface area contributed by atoms with E-state index >= 15 is 0 Å². The number of carbonyl (C=O) groups is 1. The minimum absolute atomic E-state index is 0.0897. The van der Waals surface area contributed by atoms with Crippen molar-refractivity contribution in [2.75, 3.05) is 6.54 Å². The zero-order chi connectivity index (χ0) is 17.6. The molecule has 0 spiro atoms. The monoisotopic (exact) mass is 335 g/mol. The standard InChI is InChI=1S/C20H18FN3O/c1-15(14-24-19-10-3-2-8-17(19)13-23-24)20(25)22-11-5-7-16-6-4-9-18(21)12-16/h2-4,6,8-10,12-13,15H,11,14H2,1H3,(H,22,25). The van der Waals surface area contributed by atoms with Crippen LogP contribution in [0.5, 0.6) is 0 Å². The van der Waals surface area contributed by atoms with Gasteiger partial charge in [0.15, 0.2) is 0 Å². The molecule has 1 atom stereocenters. The molecule has 1 amide bonds. The molecule has 0 bridgehead atoms. The summed E-state index contributed by atoms with van der Waals surface area (Å²) in [7, 11) is 0. The Kier molecular flexibility index (Phi) is 5.10. The van der Waals surface area contributed by atoms with Gasteiger partial charge in [-0.3, -0.25) is 9.48 Å². The van der Waals surface area contributed by atoms with Crippen LogP contribution in [0.2, 0.25) is 0 Å². The van der Waals surface area contributed by atoms with Crippen LogP contribution in [0.15, 0.2) is 54.7 Å². The lowest BCUT2D eigenvalue weighted by atomic mass is 10.1. The van der Waals surface area contributed by atoms with Gasteiger partial charge in [0.25, 0.3) is 0 Å². The number of rotatable bonds is 4. The van der Waals surface area contributed by atoms with Crippen LogP contribution in [0.3, 0.4) is 0 Å². The number of benzene rings is 2. The van der Waals surface area contributed by atoms with Crippen molar-refractivity contribution in [1.29, 1.82) is 0 Å². The van der Waals surface area contributed by atoms with Crippen LogP contribution < -0.4 is 5.32 Å². The number of nitrogens with one attached hydrogen (secondary N) is 1. The largest absolute Gasteiger partial charge is 0.345 e. The highest BCUT2D eigenvalue weighted by Crippen LogP contribution is 2.14. The summed E-state index contributed by atoms with van der Waals surface area (Å²) in [4.78, 5) is 12.2. The van der Waals surface area contributed by atoms with E-state index in [-0.39, 0.29) is 24.2 Å². The zero-order valence-corrected chi connectivity index (χ0v) is 13.9. The third-order valence-corrected chi connectivity index (χ3v) is 3.85. The van der Waals surface area contributed by atoms with Crippen LogP contribution in [0, 0.1) is 23.6 Å². The molecule has 1 unspecified atom stereocenters. The first-order chi connectivity index (χ1) is 12.1. The molecule has 0 saturated carbocycles. The van der Waals surface area contributed by atoms with Crippen LogP contribution >= 0.6 is 0 Å². The molecule has 0 radical (unpaired) electrons. The van der Waals surface area contributed by atoms with E-state index in [2.05, 4.69) is 22.3 Å². The number of fused-ring (bicyclic) bond motifs is 1. The van der Waals surface area contributed by atoms with Crippen molar-refractivity contribution in [2.24, 2.45) is 5.92 Å². The van der Waals surface area contributed by atoms with Gasteiger partial charge in [0.1, 0.15) is 5.82 Å². The van der Waals surface area contributed by atoms with E-state index in [0.717, 1.165) is 10.9 Å². The van der Waals surface area contributed by atoms with Gasteiger partial charge in [-0.1, -0.05) is 43.0 Å². The summed E-state index contributed by atoms with van der Waals surface area (Å²) in [5.74, 6) is 5.01. The average molecular weight is 335 g/mol. The highest BCUT2D eigenvalue weighted by atomic mass is 19.1. The third-order valence-electron chi connectivity index (χ3n) is 3.85. The molecule has 0 aliphatic carbocycles. The molecule has 1 N–H and O–H groups in total. The van der Waals surface area contributed by atoms with Crippen LogP contribution in [-0.2, 0) is 11.3 Å². The fourth-order valence-corrected chi connectivity index (χ4v) is 2.53. The summed E-state index contributed by atoms with van der Waals surface area (Å²) in [5, 5.41) is 8.17. The highest BCUT2D eigenvalue weighted by Gasteiger charge is 2.14. The summed E-state index contributed by atoms with van der Waals surface area (Å²) in [6, 6.07) is 13.9. The van der Waals surface area contributed by atoms with Crippen molar-refractivity contribution in [3.63, 3.8) is 0 Å². The van der Waals surface area contributed by atoms with Crippen LogP contribution in [0.4, 0.5) is 4.39 Å². The SMILES string of the molecule is CC(Cn1ncc2ccccc21)C(=O)NCC#Cc1cccc(F)c1. The van der Waals surface area contributed by atoms with Gasteiger partial charge in [-0.05, 0) is 24.3 Å². The fraction of sp³-hybridized carbons (Fsp3) is 0.200. The number of hydrogen-bond acceptors (Lipinski definition) is 2. The van der Waals surface area contributed by atoms with E-state index in [1.54, 1.807) is 18.3 Å². The molecule has 4 nitrogen and oxygen atoms in total. The molecule has 3 rings (SSSR count). The lowest BCUT2D eigenvalue weighted by Crippen LogP contribution is -2.32. The fourth-order valence-electron chi connectivity index (χ4n) is 2.53. The maximum absolute atomic E-state index is 13.1. The molecule has 126 valence electrons. The molecule has 0 fully saturated rings. The Hall–Kier alpha value is -3.13. The summed E-state index contributed by atoms with van der Waals surface area (Å²) >= 11 is 0. The van der Waals surface area contributed by atoms with Gasteiger partial charge in [-0.2, -0.15) is 5.10 Å². The smallest absolute Gasteiger partial charge is 0.225 e. The number of halogens is 1. The summed E-state index contributed by atoms with van der Waals surface area (Å²) in [6.07, 6.45) is 1.80. The Morgan fingerprint density at radius 1 is 1.28 bits per heavy atom. The number of carbonyl (C=O) groups excluding carboxylic acids is 1. The number of amides is 1. The van der Waals surface area contributed by atoms with Crippen molar-refractivity contribution >= 4 is 16.8 Å². The Morgan fingerprint density at radius 2 is 2.12 bits per heavy atom. The summed E-state index contributed by atoms with van der Waals surface area (Å²) in [5.41, 5.74) is 1.60. The van der Waals surface area contributed by atoms with E-state index in [1.807, 2.05) is 35.9 Å². The second kappa shape index (κ2) is 7.63. The van der Waals surface area contributed by atoms with Crippen LogP contribution in [-0.4, -0.2) is 22.2 Å². The van der Waals surface area contributed by atoms with Crippen molar-refractivity contribution in [3.05, 3.63) is 66.1 Å². The molecular weight excluding hydrogens is 317 g/mol. The maximum atomic E-state index is 13.1. The number of hydrogen-bond donors (Lipinski definition) is 1. The Balaban J connectivity index is 1.55. The number of aromatic nitrogens is 2. The molecule has 3 aromatic rings. The minimum Gasteiger partial charge on any atom is -0.345 e. The minimum atomic E-state index is -0.323. The summed E-state index contributed by atoms with van der Waals surface area (Å²) in [6.45, 7) is 2.57. The van der Waals surface area contributed by atoms with Gasteiger partial charge in [0.2, 0.25) is 5.91 Å². The molecule has 25 heavy (non-hydrogen) atoms. The van der Waals surface area contributed by atoms with Crippen LogP contribution in [0.25, 0.3) is 10.9 Å². The molecule has 0 aliphatic heterocycles. The molecule has 1 heterocycles. The number of para-hydroxylation sites is 1. The normalized spacial score (nSPS) is 11.6. The van der Waals surface area contributed by atoms with Gasteiger partial charge in [0.05, 0.1) is 30.7 Å². The first-order valence-electron chi connectivity index (χ1n) is 8.06. The molecule has 0 saturated heterocycles. The number of nitrogens with zero attached hydrogens (tertiary/aromatic N) is 2. The van der Waals surface area contributed by atoms with Crippen molar-refractivity contribution in [3.8, 4) is 11.8 Å². The van der Waals surface area contributed by atoms with Crippen molar-refractivity contribution < 1.29 is 9.18 Å². The van der Waals surface area contributed by atoms with Crippen molar-refractivity contribution in [2.45, 2.75) is 13.5 Å². The molecule has 0 aliphatic rings. The maximum Gasteiger partial charge on any atom is 0.225 e. The Labute approximate surface area is 145 Å². The Bertz CT molecular complexity index is 952. The van der Waals surface area contributed by atoms with E-state index in [1.165, 1.54) is 12.1 Å². The Morgan fingerprint density at radius 3 is 2.96 bits per heavy atom. The first-order valence-corrected chi connectivity index (χ1v) is 8.06. The molecule has 1 aromatic heterocycles. The summed E-state index contributed by atoms with van der Waals surface area (Å²) < 4.78 is 14.9. The second-order valence-corrected chi connectivity index (χ2v) is 5.82. The van der Waals surface area contributed by atoms with E-state index in [9.17, 15) is 9.18 Å². The predicted octanol–water partition coefficient (Wildman–Crippen LogP) is 2.98. The van der Waals surface area contributed by atoms with Crippen LogP contribution in [0.1, 0.15) is 12.5 Å². The average Bonchev–Trinajstić information content (AvgIpc) is 3.02. The van der Waals surface area contributed by atoms with Gasteiger partial charge in [0, 0.05) is 10.9 Å². The van der Waals surface area contributed by atoms with Gasteiger partial charge in [-0.15, -0.1) is 0 Å². The van der Waals surface area contributed by atoms with E-state index in [0.29, 0.717) is 12.1 Å². The first kappa shape index (κ1) is 16.7. The quantitative estimate of drug-likeness (QED) is 0.745. The highest BCUT2D eigenvalue weighted by molar-refractivity contribution is 5.80. The zero-order valence-electron chi connectivity index (χ0n) is 13.9. The lowest BCUT2D eigenvalue weighted by Gasteiger charge is -2.11. The van der Waals surface area contributed by atoms with Gasteiger partial charge >= 0.3 is 0 Å². The van der Waals surface area contributed by atoms with Gasteiger partial charge in [-0.25, -0.2) is 4.39 Å². The van der Waals surface area contributed by atoms with Crippen molar-refractivity contribution in [1.82, 2.24) is 15.1 Å². The van der Waals surface area contributed by atoms with E-state index in [4.69, 9.17) is 0 Å². The van der Waals surface area contributed by atoms with Gasteiger partial charge < -0.3 is 5.32 Å². The molecule has 2 aromatic carbocycles. The molecule has 5 heteroatoms. The third kappa shape index (κ3) is 4.24. The van der Waals surface area contributed by atoms with E-state index < -0.39 is 0 Å². The lowest BCUT2D eigenvalue weighted by molar-refractivity contribution is -0.124.